The molecule has 0 bridgehead atoms. The van der Waals surface area contributed by atoms with E-state index in [-0.39, 0.29) is 35.4 Å². The predicted octanol–water partition coefficient (Wildman–Crippen LogP) is 3.16. The standard InChI is InChI=1S/C18H18F2N4O3S/c19-10-8-12-13(9-11(10)20)28-16(21-12)22-14(25)4-3-7-24-15(26)18(23-17(24)27)5-1-2-6-18/h8-9H,1-7H2,(H,23,27)(H,21,22,25). The lowest BCUT2D eigenvalue weighted by molar-refractivity contribution is -0.131. The quantitative estimate of drug-likeness (QED) is 0.744. The number of nitrogens with one attached hydrogen (secondary N) is 2. The van der Waals surface area contributed by atoms with Gasteiger partial charge in [-0.3, -0.25) is 14.5 Å². The summed E-state index contributed by atoms with van der Waals surface area (Å²) in [6.45, 7) is 0.163. The molecule has 0 atom stereocenters. The Bertz CT molecular complexity index is 932. The first-order chi connectivity index (χ1) is 13.4. The van der Waals surface area contributed by atoms with Crippen LogP contribution in [0.2, 0.25) is 0 Å². The molecule has 1 spiro atoms. The first kappa shape index (κ1) is 18.7. The van der Waals surface area contributed by atoms with E-state index in [1.807, 2.05) is 0 Å². The van der Waals surface area contributed by atoms with Crippen LogP contribution in [-0.2, 0) is 9.59 Å². The van der Waals surface area contributed by atoms with Gasteiger partial charge in [0.25, 0.3) is 5.91 Å². The van der Waals surface area contributed by atoms with E-state index in [2.05, 4.69) is 15.6 Å². The molecule has 28 heavy (non-hydrogen) atoms. The Morgan fingerprint density at radius 2 is 1.96 bits per heavy atom. The van der Waals surface area contributed by atoms with Crippen molar-refractivity contribution in [3.8, 4) is 0 Å². The third-order valence-electron chi connectivity index (χ3n) is 5.17. The highest BCUT2D eigenvalue weighted by atomic mass is 32.1. The Morgan fingerprint density at radius 3 is 2.71 bits per heavy atom. The summed E-state index contributed by atoms with van der Waals surface area (Å²) in [7, 11) is 0. The van der Waals surface area contributed by atoms with Crippen molar-refractivity contribution in [2.45, 2.75) is 44.1 Å². The van der Waals surface area contributed by atoms with Gasteiger partial charge in [0, 0.05) is 19.0 Å². The smallest absolute Gasteiger partial charge is 0.323 e. The summed E-state index contributed by atoms with van der Waals surface area (Å²) in [5.41, 5.74) is -0.481. The number of hydrogen-bond donors (Lipinski definition) is 2. The van der Waals surface area contributed by atoms with Crippen LogP contribution in [-0.4, -0.2) is 39.8 Å². The van der Waals surface area contributed by atoms with Crippen LogP contribution >= 0.6 is 11.3 Å². The van der Waals surface area contributed by atoms with E-state index < -0.39 is 23.2 Å². The highest BCUT2D eigenvalue weighted by molar-refractivity contribution is 7.22. The molecule has 1 saturated heterocycles. The fraction of sp³-hybridized carbons (Fsp3) is 0.444. The zero-order chi connectivity index (χ0) is 19.9. The van der Waals surface area contributed by atoms with E-state index >= 15 is 0 Å². The number of rotatable bonds is 5. The molecule has 0 radical (unpaired) electrons. The van der Waals surface area contributed by atoms with Crippen molar-refractivity contribution in [3.63, 3.8) is 0 Å². The van der Waals surface area contributed by atoms with Gasteiger partial charge in [-0.15, -0.1) is 0 Å². The van der Waals surface area contributed by atoms with Crippen molar-refractivity contribution in [2.24, 2.45) is 0 Å². The number of urea groups is 1. The molecule has 7 nitrogen and oxygen atoms in total. The average molecular weight is 408 g/mol. The number of anilines is 1. The summed E-state index contributed by atoms with van der Waals surface area (Å²) >= 11 is 1.04. The van der Waals surface area contributed by atoms with Crippen molar-refractivity contribution >= 4 is 44.5 Å². The van der Waals surface area contributed by atoms with Gasteiger partial charge < -0.3 is 10.6 Å². The van der Waals surface area contributed by atoms with Gasteiger partial charge in [0.1, 0.15) is 5.54 Å². The van der Waals surface area contributed by atoms with Crippen LogP contribution in [0.3, 0.4) is 0 Å². The number of halogens is 2. The zero-order valence-electron chi connectivity index (χ0n) is 14.9. The van der Waals surface area contributed by atoms with Crippen LogP contribution in [0.15, 0.2) is 12.1 Å². The summed E-state index contributed by atoms with van der Waals surface area (Å²) in [6, 6.07) is 1.62. The molecular weight excluding hydrogens is 390 g/mol. The molecule has 4 rings (SSSR count). The van der Waals surface area contributed by atoms with E-state index in [0.717, 1.165) is 36.3 Å². The number of fused-ring (bicyclic) bond motifs is 1. The summed E-state index contributed by atoms with van der Waals surface area (Å²) in [6.07, 6.45) is 3.55. The Hall–Kier alpha value is -2.62. The Labute approximate surface area is 163 Å². The van der Waals surface area contributed by atoms with Gasteiger partial charge >= 0.3 is 6.03 Å². The minimum Gasteiger partial charge on any atom is -0.323 e. The number of hydrogen-bond acceptors (Lipinski definition) is 5. The monoisotopic (exact) mass is 408 g/mol. The second kappa shape index (κ2) is 7.08. The number of carbonyl (C=O) groups excluding carboxylic acids is 3. The molecule has 2 N–H and O–H groups in total. The van der Waals surface area contributed by atoms with E-state index in [4.69, 9.17) is 0 Å². The normalized spacial score (nSPS) is 18.3. The number of imide groups is 1. The van der Waals surface area contributed by atoms with E-state index in [1.165, 1.54) is 4.90 Å². The second-order valence-corrected chi connectivity index (χ2v) is 8.11. The Balaban J connectivity index is 1.31. The first-order valence-corrected chi connectivity index (χ1v) is 9.89. The Morgan fingerprint density at radius 1 is 1.25 bits per heavy atom. The molecular formula is C18H18F2N4O3S. The third kappa shape index (κ3) is 3.32. The minimum atomic E-state index is -0.996. The highest BCUT2D eigenvalue weighted by Gasteiger charge is 2.52. The van der Waals surface area contributed by atoms with Gasteiger partial charge in [-0.2, -0.15) is 0 Å². The largest absolute Gasteiger partial charge is 0.325 e. The molecule has 1 aliphatic carbocycles. The molecule has 148 valence electrons. The van der Waals surface area contributed by atoms with Crippen LogP contribution in [0.1, 0.15) is 38.5 Å². The average Bonchev–Trinajstić information content (AvgIpc) is 3.31. The predicted molar refractivity (Wildman–Crippen MR) is 98.8 cm³/mol. The highest BCUT2D eigenvalue weighted by Crippen LogP contribution is 2.35. The van der Waals surface area contributed by atoms with Crippen LogP contribution in [0.25, 0.3) is 10.2 Å². The minimum absolute atomic E-state index is 0.0860. The van der Waals surface area contributed by atoms with Crippen LogP contribution < -0.4 is 10.6 Å². The van der Waals surface area contributed by atoms with Gasteiger partial charge in [0.05, 0.1) is 10.2 Å². The van der Waals surface area contributed by atoms with Crippen molar-refractivity contribution in [1.29, 1.82) is 0 Å². The Kier molecular flexibility index (Phi) is 4.74. The molecule has 2 heterocycles. The summed E-state index contributed by atoms with van der Waals surface area (Å²) in [5.74, 6) is -2.51. The second-order valence-electron chi connectivity index (χ2n) is 7.08. The summed E-state index contributed by atoms with van der Waals surface area (Å²) < 4.78 is 26.9. The molecule has 2 fully saturated rings. The summed E-state index contributed by atoms with van der Waals surface area (Å²) in [5, 5.41) is 5.63. The molecule has 2 aliphatic rings. The third-order valence-corrected chi connectivity index (χ3v) is 6.10. The number of nitrogens with zero attached hydrogens (tertiary/aromatic N) is 2. The molecule has 1 aromatic carbocycles. The van der Waals surface area contributed by atoms with Gasteiger partial charge in [-0.25, -0.2) is 18.6 Å². The molecule has 10 heteroatoms. The van der Waals surface area contributed by atoms with Crippen LogP contribution in [0, 0.1) is 11.6 Å². The first-order valence-electron chi connectivity index (χ1n) is 9.07. The van der Waals surface area contributed by atoms with Gasteiger partial charge in [-0.1, -0.05) is 24.2 Å². The number of benzene rings is 1. The lowest BCUT2D eigenvalue weighted by Gasteiger charge is -2.19. The fourth-order valence-electron chi connectivity index (χ4n) is 3.75. The van der Waals surface area contributed by atoms with Gasteiger partial charge in [0.15, 0.2) is 16.8 Å². The molecule has 0 unspecified atom stereocenters. The molecule has 1 aliphatic heterocycles. The molecule has 2 aromatic rings. The SMILES string of the molecule is O=C(CCCN1C(=O)NC2(CCCC2)C1=O)Nc1nc2cc(F)c(F)cc2s1. The van der Waals surface area contributed by atoms with Crippen molar-refractivity contribution in [1.82, 2.24) is 15.2 Å². The number of carbonyl (C=O) groups is 3. The van der Waals surface area contributed by atoms with E-state index in [0.29, 0.717) is 24.0 Å². The van der Waals surface area contributed by atoms with Crippen molar-refractivity contribution < 1.29 is 23.2 Å². The van der Waals surface area contributed by atoms with Gasteiger partial charge in [0.2, 0.25) is 5.91 Å². The van der Waals surface area contributed by atoms with E-state index in [1.54, 1.807) is 0 Å². The van der Waals surface area contributed by atoms with Crippen LogP contribution in [0.5, 0.6) is 0 Å². The van der Waals surface area contributed by atoms with Crippen molar-refractivity contribution in [2.75, 3.05) is 11.9 Å². The maximum atomic E-state index is 13.3. The number of thiazole rings is 1. The lowest BCUT2D eigenvalue weighted by atomic mass is 9.98. The van der Waals surface area contributed by atoms with E-state index in [9.17, 15) is 23.2 Å². The zero-order valence-corrected chi connectivity index (χ0v) is 15.7. The molecule has 1 saturated carbocycles. The fourth-order valence-corrected chi connectivity index (χ4v) is 4.64. The lowest BCUT2D eigenvalue weighted by Crippen LogP contribution is -2.44. The van der Waals surface area contributed by atoms with Crippen LogP contribution in [0.4, 0.5) is 18.7 Å². The molecule has 1 aromatic heterocycles. The molecule has 4 amide bonds. The van der Waals surface area contributed by atoms with Gasteiger partial charge in [-0.05, 0) is 25.3 Å². The number of aromatic nitrogens is 1. The maximum Gasteiger partial charge on any atom is 0.325 e. The topological polar surface area (TPSA) is 91.4 Å². The maximum absolute atomic E-state index is 13.3. The van der Waals surface area contributed by atoms with Crippen molar-refractivity contribution in [3.05, 3.63) is 23.8 Å². The summed E-state index contributed by atoms with van der Waals surface area (Å²) in [4.78, 5) is 42.0. The number of amides is 4.